The lowest BCUT2D eigenvalue weighted by Gasteiger charge is -2.29. The molecule has 1 aromatic rings. The van der Waals surface area contributed by atoms with Crippen LogP contribution in [-0.4, -0.2) is 31.9 Å². The summed E-state index contributed by atoms with van der Waals surface area (Å²) in [6.45, 7) is 10.5. The van der Waals surface area contributed by atoms with Crippen LogP contribution in [0.1, 0.15) is 26.3 Å². The number of hydrogen-bond acceptors (Lipinski definition) is 3. The number of benzene rings is 1. The Labute approximate surface area is 110 Å². The predicted molar refractivity (Wildman–Crippen MR) is 74.0 cm³/mol. The predicted octanol–water partition coefficient (Wildman–Crippen LogP) is 2.84. The second-order valence-electron chi connectivity index (χ2n) is 5.67. The minimum Gasteiger partial charge on any atom is -0.378 e. The zero-order chi connectivity index (χ0) is 13.0. The molecule has 0 spiro atoms. The smallest absolute Gasteiger partial charge is 0.0724 e. The molecule has 1 saturated heterocycles. The molecule has 100 valence electrons. The number of hydrogen-bond donors (Lipinski definition) is 0. The van der Waals surface area contributed by atoms with Gasteiger partial charge < -0.3 is 14.4 Å². The van der Waals surface area contributed by atoms with Crippen LogP contribution in [0.3, 0.4) is 0 Å². The van der Waals surface area contributed by atoms with E-state index < -0.39 is 0 Å². The summed E-state index contributed by atoms with van der Waals surface area (Å²) in [7, 11) is 0. The standard InChI is InChI=1S/C15H23NO2/c1-15(2,3)18-12-13-4-6-14(7-5-13)16-8-10-17-11-9-16/h4-7H,8-12H2,1-3H3. The van der Waals surface area contributed by atoms with Gasteiger partial charge >= 0.3 is 0 Å². The fraction of sp³-hybridized carbons (Fsp3) is 0.600. The van der Waals surface area contributed by atoms with Crippen LogP contribution in [0.25, 0.3) is 0 Å². The van der Waals surface area contributed by atoms with Crippen LogP contribution in [-0.2, 0) is 16.1 Å². The molecule has 1 heterocycles. The number of rotatable bonds is 3. The topological polar surface area (TPSA) is 21.7 Å². The van der Waals surface area contributed by atoms with Gasteiger partial charge in [-0.3, -0.25) is 0 Å². The van der Waals surface area contributed by atoms with Crippen molar-refractivity contribution in [2.45, 2.75) is 33.0 Å². The quantitative estimate of drug-likeness (QED) is 0.822. The Bertz CT molecular complexity index is 361. The van der Waals surface area contributed by atoms with Gasteiger partial charge in [0.2, 0.25) is 0 Å². The Balaban J connectivity index is 1.92. The van der Waals surface area contributed by atoms with E-state index in [1.807, 2.05) is 0 Å². The molecule has 2 rings (SSSR count). The second kappa shape index (κ2) is 5.72. The van der Waals surface area contributed by atoms with Crippen molar-refractivity contribution in [1.29, 1.82) is 0 Å². The van der Waals surface area contributed by atoms with Gasteiger partial charge in [0.25, 0.3) is 0 Å². The minimum atomic E-state index is -0.0805. The third kappa shape index (κ3) is 4.00. The highest BCUT2D eigenvalue weighted by Gasteiger charge is 2.12. The maximum atomic E-state index is 5.77. The van der Waals surface area contributed by atoms with Crippen molar-refractivity contribution >= 4 is 5.69 Å². The third-order valence-electron chi connectivity index (χ3n) is 2.98. The van der Waals surface area contributed by atoms with Gasteiger partial charge in [0.1, 0.15) is 0 Å². The van der Waals surface area contributed by atoms with Crippen LogP contribution in [0, 0.1) is 0 Å². The molecule has 1 fully saturated rings. The van der Waals surface area contributed by atoms with Crippen molar-refractivity contribution in [3.63, 3.8) is 0 Å². The minimum absolute atomic E-state index is 0.0805. The fourth-order valence-corrected chi connectivity index (χ4v) is 1.92. The van der Waals surface area contributed by atoms with Crippen molar-refractivity contribution in [2.75, 3.05) is 31.2 Å². The van der Waals surface area contributed by atoms with Crippen molar-refractivity contribution in [2.24, 2.45) is 0 Å². The van der Waals surface area contributed by atoms with E-state index in [1.54, 1.807) is 0 Å². The lowest BCUT2D eigenvalue weighted by Crippen LogP contribution is -2.36. The summed E-state index contributed by atoms with van der Waals surface area (Å²) in [5.74, 6) is 0. The van der Waals surface area contributed by atoms with Gasteiger partial charge in [-0.2, -0.15) is 0 Å². The van der Waals surface area contributed by atoms with E-state index in [1.165, 1.54) is 11.3 Å². The molecule has 3 nitrogen and oxygen atoms in total. The van der Waals surface area contributed by atoms with E-state index in [9.17, 15) is 0 Å². The molecule has 0 saturated carbocycles. The molecular weight excluding hydrogens is 226 g/mol. The maximum absolute atomic E-state index is 5.77. The van der Waals surface area contributed by atoms with Gasteiger partial charge in [-0.15, -0.1) is 0 Å². The van der Waals surface area contributed by atoms with Gasteiger partial charge in [0.05, 0.1) is 25.4 Å². The van der Waals surface area contributed by atoms with Gasteiger partial charge in [-0.25, -0.2) is 0 Å². The SMILES string of the molecule is CC(C)(C)OCc1ccc(N2CCOCC2)cc1. The lowest BCUT2D eigenvalue weighted by molar-refractivity contribution is -0.0149. The first-order valence-corrected chi connectivity index (χ1v) is 6.60. The van der Waals surface area contributed by atoms with Crippen LogP contribution >= 0.6 is 0 Å². The molecule has 18 heavy (non-hydrogen) atoms. The number of anilines is 1. The first-order chi connectivity index (χ1) is 8.54. The molecule has 0 unspecified atom stereocenters. The molecule has 1 aliphatic heterocycles. The molecule has 0 bridgehead atoms. The molecule has 1 aromatic carbocycles. The Kier molecular flexibility index (Phi) is 4.25. The zero-order valence-corrected chi connectivity index (χ0v) is 11.6. The molecule has 0 amide bonds. The van der Waals surface area contributed by atoms with Crippen molar-refractivity contribution in [1.82, 2.24) is 0 Å². The summed E-state index contributed by atoms with van der Waals surface area (Å²) < 4.78 is 11.1. The molecule has 0 N–H and O–H groups in total. The van der Waals surface area contributed by atoms with E-state index in [4.69, 9.17) is 9.47 Å². The summed E-state index contributed by atoms with van der Waals surface area (Å²) in [6.07, 6.45) is 0. The molecule has 0 atom stereocenters. The number of nitrogens with zero attached hydrogens (tertiary/aromatic N) is 1. The normalized spacial score (nSPS) is 16.9. The monoisotopic (exact) mass is 249 g/mol. The summed E-state index contributed by atoms with van der Waals surface area (Å²) in [5.41, 5.74) is 2.42. The van der Waals surface area contributed by atoms with Crippen LogP contribution in [0.2, 0.25) is 0 Å². The lowest BCUT2D eigenvalue weighted by atomic mass is 10.1. The number of morpholine rings is 1. The highest BCUT2D eigenvalue weighted by atomic mass is 16.5. The van der Waals surface area contributed by atoms with Gasteiger partial charge in [0.15, 0.2) is 0 Å². The van der Waals surface area contributed by atoms with Gasteiger partial charge in [0, 0.05) is 18.8 Å². The average molecular weight is 249 g/mol. The molecule has 1 aliphatic rings. The van der Waals surface area contributed by atoms with E-state index >= 15 is 0 Å². The van der Waals surface area contributed by atoms with Crippen molar-refractivity contribution in [3.05, 3.63) is 29.8 Å². The van der Waals surface area contributed by atoms with Crippen LogP contribution in [0.4, 0.5) is 5.69 Å². The van der Waals surface area contributed by atoms with E-state index in [0.717, 1.165) is 26.3 Å². The van der Waals surface area contributed by atoms with Gasteiger partial charge in [-0.05, 0) is 38.5 Å². The van der Waals surface area contributed by atoms with Gasteiger partial charge in [-0.1, -0.05) is 12.1 Å². The Hall–Kier alpha value is -1.06. The van der Waals surface area contributed by atoms with Crippen molar-refractivity contribution < 1.29 is 9.47 Å². The summed E-state index contributed by atoms with van der Waals surface area (Å²) in [5, 5.41) is 0. The van der Waals surface area contributed by atoms with E-state index in [0.29, 0.717) is 6.61 Å². The summed E-state index contributed by atoms with van der Waals surface area (Å²) in [6, 6.07) is 8.65. The summed E-state index contributed by atoms with van der Waals surface area (Å²) >= 11 is 0. The Morgan fingerprint density at radius 1 is 1.11 bits per heavy atom. The largest absolute Gasteiger partial charge is 0.378 e. The molecule has 0 aromatic heterocycles. The first-order valence-electron chi connectivity index (χ1n) is 6.60. The fourth-order valence-electron chi connectivity index (χ4n) is 1.92. The van der Waals surface area contributed by atoms with E-state index in [-0.39, 0.29) is 5.60 Å². The first kappa shape index (κ1) is 13.4. The Morgan fingerprint density at radius 2 is 1.72 bits per heavy atom. The van der Waals surface area contributed by atoms with Crippen LogP contribution in [0.5, 0.6) is 0 Å². The molecule has 3 heteroatoms. The number of ether oxygens (including phenoxy) is 2. The second-order valence-corrected chi connectivity index (χ2v) is 5.67. The zero-order valence-electron chi connectivity index (χ0n) is 11.6. The van der Waals surface area contributed by atoms with Crippen LogP contribution in [0.15, 0.2) is 24.3 Å². The van der Waals surface area contributed by atoms with E-state index in [2.05, 4.69) is 49.9 Å². The molecule has 0 aliphatic carbocycles. The van der Waals surface area contributed by atoms with Crippen LogP contribution < -0.4 is 4.90 Å². The highest BCUT2D eigenvalue weighted by molar-refractivity contribution is 5.47. The summed E-state index contributed by atoms with van der Waals surface area (Å²) in [4.78, 5) is 2.36. The van der Waals surface area contributed by atoms with Crippen molar-refractivity contribution in [3.8, 4) is 0 Å². The Morgan fingerprint density at radius 3 is 2.28 bits per heavy atom. The third-order valence-corrected chi connectivity index (χ3v) is 2.98. The highest BCUT2D eigenvalue weighted by Crippen LogP contribution is 2.18. The average Bonchev–Trinajstić information content (AvgIpc) is 2.37. The molecule has 0 radical (unpaired) electrons. The maximum Gasteiger partial charge on any atom is 0.0724 e. The molecular formula is C15H23NO2.